The summed E-state index contributed by atoms with van der Waals surface area (Å²) < 4.78 is 2.03. The Hall–Kier alpha value is -1.88. The largest absolute Gasteiger partial charge is 0.388 e. The monoisotopic (exact) mass is 313 g/mol. The van der Waals surface area contributed by atoms with E-state index in [0.717, 1.165) is 49.9 Å². The van der Waals surface area contributed by atoms with E-state index in [2.05, 4.69) is 10.3 Å². The van der Waals surface area contributed by atoms with Gasteiger partial charge in [0.2, 0.25) is 0 Å². The first-order chi connectivity index (χ1) is 11.2. The molecule has 1 amide bonds. The molecular formula is C18H23N3O2. The molecule has 2 N–H and O–H groups in total. The lowest BCUT2D eigenvalue weighted by atomic mass is 9.85. The van der Waals surface area contributed by atoms with Crippen LogP contribution in [0.1, 0.15) is 67.2 Å². The molecule has 2 aromatic rings. The van der Waals surface area contributed by atoms with E-state index in [1.54, 1.807) is 0 Å². The molecule has 5 nitrogen and oxygen atoms in total. The van der Waals surface area contributed by atoms with Gasteiger partial charge in [-0.25, -0.2) is 4.98 Å². The van der Waals surface area contributed by atoms with Gasteiger partial charge in [-0.15, -0.1) is 0 Å². The third-order valence-electron chi connectivity index (χ3n) is 5.10. The van der Waals surface area contributed by atoms with Crippen LogP contribution in [0.5, 0.6) is 0 Å². The quantitative estimate of drug-likeness (QED) is 0.912. The van der Waals surface area contributed by atoms with Crippen molar-refractivity contribution in [2.75, 3.05) is 6.54 Å². The van der Waals surface area contributed by atoms with Gasteiger partial charge in [-0.05, 0) is 37.8 Å². The summed E-state index contributed by atoms with van der Waals surface area (Å²) >= 11 is 0. The van der Waals surface area contributed by atoms with Crippen LogP contribution in [0, 0.1) is 0 Å². The van der Waals surface area contributed by atoms with Gasteiger partial charge < -0.3 is 14.8 Å². The molecule has 0 aliphatic heterocycles. The van der Waals surface area contributed by atoms with E-state index in [0.29, 0.717) is 18.2 Å². The molecule has 0 unspecified atom stereocenters. The fraction of sp³-hybridized carbons (Fsp3) is 0.556. The summed E-state index contributed by atoms with van der Waals surface area (Å²) in [6.07, 6.45) is 9.05. The zero-order valence-corrected chi connectivity index (χ0v) is 13.3. The van der Waals surface area contributed by atoms with Crippen molar-refractivity contribution in [3.05, 3.63) is 35.9 Å². The summed E-state index contributed by atoms with van der Waals surface area (Å²) in [6.45, 7) is 0.316. The van der Waals surface area contributed by atoms with Gasteiger partial charge in [0, 0.05) is 18.7 Å². The summed E-state index contributed by atoms with van der Waals surface area (Å²) in [7, 11) is 0. The van der Waals surface area contributed by atoms with Gasteiger partial charge in [-0.1, -0.05) is 25.3 Å². The molecule has 122 valence electrons. The number of fused-ring (bicyclic) bond motifs is 1. The maximum atomic E-state index is 12.6. The maximum absolute atomic E-state index is 12.6. The summed E-state index contributed by atoms with van der Waals surface area (Å²) in [5.41, 5.74) is 0.581. The number of imidazole rings is 1. The second kappa shape index (κ2) is 5.64. The predicted octanol–water partition coefficient (Wildman–Crippen LogP) is 2.64. The lowest BCUT2D eigenvalue weighted by Gasteiger charge is -2.31. The molecule has 2 aliphatic carbocycles. The van der Waals surface area contributed by atoms with Crippen LogP contribution in [0.25, 0.3) is 5.52 Å². The first-order valence-corrected chi connectivity index (χ1v) is 8.64. The molecule has 2 aliphatic rings. The van der Waals surface area contributed by atoms with Crippen LogP contribution < -0.4 is 5.32 Å². The lowest BCUT2D eigenvalue weighted by Crippen LogP contribution is -2.44. The van der Waals surface area contributed by atoms with E-state index < -0.39 is 5.60 Å². The molecule has 2 fully saturated rings. The van der Waals surface area contributed by atoms with Crippen molar-refractivity contribution in [3.8, 4) is 0 Å². The molecule has 2 aromatic heterocycles. The maximum Gasteiger partial charge on any atom is 0.272 e. The van der Waals surface area contributed by atoms with E-state index in [1.165, 1.54) is 6.42 Å². The molecule has 2 heterocycles. The van der Waals surface area contributed by atoms with Gasteiger partial charge in [-0.2, -0.15) is 0 Å². The minimum absolute atomic E-state index is 0.181. The van der Waals surface area contributed by atoms with Crippen LogP contribution in [0.3, 0.4) is 0 Å². The third kappa shape index (κ3) is 2.85. The van der Waals surface area contributed by atoms with Crippen molar-refractivity contribution in [3.63, 3.8) is 0 Å². The van der Waals surface area contributed by atoms with Crippen LogP contribution in [0.4, 0.5) is 0 Å². The van der Waals surface area contributed by atoms with Gasteiger partial charge in [0.05, 0.1) is 11.1 Å². The van der Waals surface area contributed by atoms with Crippen LogP contribution in [-0.4, -0.2) is 32.5 Å². The zero-order chi connectivity index (χ0) is 15.9. The predicted molar refractivity (Wildman–Crippen MR) is 87.5 cm³/mol. The van der Waals surface area contributed by atoms with Crippen LogP contribution in [0.2, 0.25) is 0 Å². The molecule has 5 heteroatoms. The Labute approximate surface area is 135 Å². The fourth-order valence-corrected chi connectivity index (χ4v) is 3.57. The third-order valence-corrected chi connectivity index (χ3v) is 5.10. The van der Waals surface area contributed by atoms with E-state index in [-0.39, 0.29) is 5.91 Å². The van der Waals surface area contributed by atoms with Gasteiger partial charge in [-0.3, -0.25) is 4.79 Å². The normalized spacial score (nSPS) is 20.6. The number of carbonyl (C=O) groups excluding carboxylic acids is 1. The molecule has 0 saturated heterocycles. The number of amides is 1. The minimum atomic E-state index is -0.747. The van der Waals surface area contributed by atoms with Crippen LogP contribution in [-0.2, 0) is 0 Å². The second-order valence-corrected chi connectivity index (χ2v) is 7.02. The number of hydrogen-bond acceptors (Lipinski definition) is 3. The summed E-state index contributed by atoms with van der Waals surface area (Å²) in [6, 6.07) is 5.83. The Morgan fingerprint density at radius 1 is 1.30 bits per heavy atom. The number of pyridine rings is 1. The van der Waals surface area contributed by atoms with Crippen molar-refractivity contribution in [1.29, 1.82) is 0 Å². The minimum Gasteiger partial charge on any atom is -0.388 e. The summed E-state index contributed by atoms with van der Waals surface area (Å²) in [4.78, 5) is 17.2. The van der Waals surface area contributed by atoms with Gasteiger partial charge in [0.25, 0.3) is 5.91 Å². The van der Waals surface area contributed by atoms with Crippen LogP contribution in [0.15, 0.2) is 24.4 Å². The Kier molecular flexibility index (Phi) is 3.60. The average molecular weight is 313 g/mol. The number of nitrogens with zero attached hydrogens (tertiary/aromatic N) is 2. The zero-order valence-electron chi connectivity index (χ0n) is 13.3. The first-order valence-electron chi connectivity index (χ1n) is 8.64. The second-order valence-electron chi connectivity index (χ2n) is 7.02. The van der Waals surface area contributed by atoms with Gasteiger partial charge in [0.1, 0.15) is 5.82 Å². The Morgan fingerprint density at radius 3 is 2.83 bits per heavy atom. The molecule has 4 rings (SSSR count). The van der Waals surface area contributed by atoms with E-state index in [4.69, 9.17) is 0 Å². The number of aliphatic hydroxyl groups is 1. The highest BCUT2D eigenvalue weighted by Crippen LogP contribution is 2.40. The number of aromatic nitrogens is 2. The van der Waals surface area contributed by atoms with Crippen molar-refractivity contribution < 1.29 is 9.90 Å². The summed E-state index contributed by atoms with van der Waals surface area (Å²) in [5.74, 6) is 1.29. The van der Waals surface area contributed by atoms with E-state index in [9.17, 15) is 9.90 Å². The fourth-order valence-electron chi connectivity index (χ4n) is 3.57. The molecule has 23 heavy (non-hydrogen) atoms. The molecule has 0 atom stereocenters. The Balaban J connectivity index is 1.55. The van der Waals surface area contributed by atoms with E-state index in [1.807, 2.05) is 28.8 Å². The molecule has 0 aromatic carbocycles. The number of hydrogen-bond donors (Lipinski definition) is 2. The Morgan fingerprint density at radius 2 is 2.09 bits per heavy atom. The average Bonchev–Trinajstić information content (AvgIpc) is 3.34. The SMILES string of the molecule is O=C(NCC1(O)CCCCC1)c1nc(C2CC2)n2ccccc12. The lowest BCUT2D eigenvalue weighted by molar-refractivity contribution is 0.00523. The number of nitrogens with one attached hydrogen (secondary N) is 1. The topological polar surface area (TPSA) is 66.6 Å². The van der Waals surface area contributed by atoms with Crippen molar-refractivity contribution >= 4 is 11.4 Å². The molecule has 0 radical (unpaired) electrons. The number of carbonyl (C=O) groups is 1. The summed E-state index contributed by atoms with van der Waals surface area (Å²) in [5, 5.41) is 13.5. The smallest absolute Gasteiger partial charge is 0.272 e. The van der Waals surface area contributed by atoms with Gasteiger partial charge >= 0.3 is 0 Å². The molecule has 2 saturated carbocycles. The van der Waals surface area contributed by atoms with Crippen molar-refractivity contribution in [1.82, 2.24) is 14.7 Å². The molecule has 0 bridgehead atoms. The molecular weight excluding hydrogens is 290 g/mol. The van der Waals surface area contributed by atoms with Crippen molar-refractivity contribution in [2.45, 2.75) is 56.5 Å². The van der Waals surface area contributed by atoms with Crippen LogP contribution >= 0.6 is 0 Å². The highest BCUT2D eigenvalue weighted by atomic mass is 16.3. The van der Waals surface area contributed by atoms with E-state index >= 15 is 0 Å². The standard InChI is InChI=1S/C18H23N3O2/c22-17(19-12-18(23)9-3-1-4-10-18)15-14-6-2-5-11-21(14)16(20-15)13-7-8-13/h2,5-6,11,13,23H,1,3-4,7-10,12H2,(H,19,22). The van der Waals surface area contributed by atoms with Gasteiger partial charge in [0.15, 0.2) is 5.69 Å². The highest BCUT2D eigenvalue weighted by molar-refractivity contribution is 5.99. The Bertz CT molecular complexity index is 727. The number of rotatable bonds is 4. The first kappa shape index (κ1) is 14.7. The highest BCUT2D eigenvalue weighted by Gasteiger charge is 2.32. The molecule has 0 spiro atoms. The van der Waals surface area contributed by atoms with Crippen molar-refractivity contribution in [2.24, 2.45) is 0 Å².